The fourth-order valence-electron chi connectivity index (χ4n) is 7.32. The first kappa shape index (κ1) is 19.6. The zero-order valence-corrected chi connectivity index (χ0v) is 18.1. The molecule has 1 heterocycles. The Kier molecular flexibility index (Phi) is 4.78. The van der Waals surface area contributed by atoms with Crippen molar-refractivity contribution >= 4 is 15.9 Å². The Labute approximate surface area is 174 Å². The van der Waals surface area contributed by atoms with Gasteiger partial charge in [-0.1, -0.05) is 18.2 Å². The van der Waals surface area contributed by atoms with Crippen molar-refractivity contribution in [2.24, 2.45) is 23.2 Å². The van der Waals surface area contributed by atoms with Gasteiger partial charge in [0.05, 0.1) is 4.90 Å². The number of carbonyl (C=O) groups is 1. The number of nitrogens with zero attached hydrogens (tertiary/aromatic N) is 2. The largest absolute Gasteiger partial charge is 0.344 e. The van der Waals surface area contributed by atoms with E-state index in [2.05, 4.69) is 0 Å². The van der Waals surface area contributed by atoms with Crippen LogP contribution in [0.5, 0.6) is 0 Å². The smallest absolute Gasteiger partial charge is 0.243 e. The molecule has 1 saturated heterocycles. The van der Waals surface area contributed by atoms with E-state index >= 15 is 0 Å². The van der Waals surface area contributed by atoms with E-state index in [1.54, 1.807) is 24.3 Å². The minimum Gasteiger partial charge on any atom is -0.344 e. The first-order valence-corrected chi connectivity index (χ1v) is 12.6. The van der Waals surface area contributed by atoms with Gasteiger partial charge < -0.3 is 4.90 Å². The number of amides is 1. The Morgan fingerprint density at radius 1 is 1.07 bits per heavy atom. The zero-order valence-electron chi connectivity index (χ0n) is 17.3. The highest BCUT2D eigenvalue weighted by Crippen LogP contribution is 2.60. The maximum Gasteiger partial charge on any atom is 0.243 e. The summed E-state index contributed by atoms with van der Waals surface area (Å²) >= 11 is 0. The predicted molar refractivity (Wildman–Crippen MR) is 112 cm³/mol. The summed E-state index contributed by atoms with van der Waals surface area (Å²) < 4.78 is 27.7. The number of rotatable bonds is 5. The van der Waals surface area contributed by atoms with Gasteiger partial charge in [0.15, 0.2) is 0 Å². The summed E-state index contributed by atoms with van der Waals surface area (Å²) in [6.07, 6.45) is 9.31. The van der Waals surface area contributed by atoms with Gasteiger partial charge in [0.25, 0.3) is 0 Å². The lowest BCUT2D eigenvalue weighted by Crippen LogP contribution is -2.54. The van der Waals surface area contributed by atoms with E-state index in [-0.39, 0.29) is 16.2 Å². The molecule has 1 amide bonds. The van der Waals surface area contributed by atoms with Crippen molar-refractivity contribution in [1.29, 1.82) is 0 Å². The number of benzene rings is 1. The van der Waals surface area contributed by atoms with Gasteiger partial charge >= 0.3 is 0 Å². The average molecular weight is 417 g/mol. The van der Waals surface area contributed by atoms with Gasteiger partial charge in [-0.05, 0) is 86.7 Å². The summed E-state index contributed by atoms with van der Waals surface area (Å²) in [7, 11) is -1.74. The van der Waals surface area contributed by atoms with Crippen LogP contribution in [0, 0.1) is 23.2 Å². The molecule has 29 heavy (non-hydrogen) atoms. The van der Waals surface area contributed by atoms with Crippen LogP contribution in [-0.2, 0) is 14.8 Å². The van der Waals surface area contributed by atoms with E-state index in [1.807, 2.05) is 18.0 Å². The number of carbonyl (C=O) groups excluding carboxylic acids is 1. The maximum atomic E-state index is 13.4. The normalized spacial score (nSPS) is 36.4. The van der Waals surface area contributed by atoms with Crippen LogP contribution in [0.15, 0.2) is 35.2 Å². The highest BCUT2D eigenvalue weighted by Gasteiger charge is 2.52. The number of likely N-dealkylation sites (N-methyl/N-ethyl adjacent to an activating group) is 1. The topological polar surface area (TPSA) is 57.7 Å². The van der Waals surface area contributed by atoms with Crippen molar-refractivity contribution in [3.63, 3.8) is 0 Å². The number of sulfonamides is 1. The molecular formula is C23H32N2O3S. The molecule has 4 saturated carbocycles. The zero-order chi connectivity index (χ0) is 20.2. The Morgan fingerprint density at radius 3 is 2.24 bits per heavy atom. The second-order valence-electron chi connectivity index (χ2n) is 10.2. The lowest BCUT2D eigenvalue weighted by atomic mass is 9.49. The molecule has 5 fully saturated rings. The minimum atomic E-state index is -3.63. The van der Waals surface area contributed by atoms with Gasteiger partial charge in [0, 0.05) is 20.1 Å². The van der Waals surface area contributed by atoms with Crippen LogP contribution < -0.4 is 0 Å². The molecule has 6 heteroatoms. The van der Waals surface area contributed by atoms with Crippen LogP contribution >= 0.6 is 0 Å². The van der Waals surface area contributed by atoms with E-state index < -0.39 is 16.1 Å². The Morgan fingerprint density at radius 2 is 1.66 bits per heavy atom. The molecule has 5 nitrogen and oxygen atoms in total. The summed E-state index contributed by atoms with van der Waals surface area (Å²) in [5.74, 6) is 2.54. The van der Waals surface area contributed by atoms with Crippen molar-refractivity contribution in [2.45, 2.75) is 62.3 Å². The molecule has 158 valence electrons. The molecule has 1 aliphatic heterocycles. The summed E-state index contributed by atoms with van der Waals surface area (Å²) in [4.78, 5) is 15.5. The molecule has 5 aliphatic rings. The van der Waals surface area contributed by atoms with Gasteiger partial charge in [-0.15, -0.1) is 0 Å². The molecule has 0 aromatic heterocycles. The van der Waals surface area contributed by atoms with Crippen molar-refractivity contribution < 1.29 is 13.2 Å². The third-order valence-electron chi connectivity index (χ3n) is 7.95. The summed E-state index contributed by atoms with van der Waals surface area (Å²) in [5.41, 5.74) is 0.279. The van der Waals surface area contributed by atoms with E-state index in [9.17, 15) is 13.2 Å². The summed E-state index contributed by atoms with van der Waals surface area (Å²) in [6.45, 7) is 1.23. The molecule has 1 aromatic carbocycles. The second-order valence-corrected chi connectivity index (χ2v) is 12.1. The molecule has 0 radical (unpaired) electrons. The van der Waals surface area contributed by atoms with Crippen LogP contribution in [0.25, 0.3) is 0 Å². The number of hydrogen-bond donors (Lipinski definition) is 0. The SMILES string of the molecule is CN(CC12CC3CC(CC(C3)C1)C2)C(=O)C1CCCN1S(=O)(=O)c1ccccc1. The van der Waals surface area contributed by atoms with Crippen LogP contribution in [0.4, 0.5) is 0 Å². The van der Waals surface area contributed by atoms with Gasteiger partial charge in [-0.25, -0.2) is 8.42 Å². The standard InChI is InChI=1S/C23H32N2O3S/c1-24(16-23-13-17-10-18(14-23)12-19(11-17)15-23)22(26)21-8-5-9-25(21)29(27,28)20-6-3-2-4-7-20/h2-4,6-7,17-19,21H,5,8-16H2,1H3. The molecule has 4 aliphatic carbocycles. The Balaban J connectivity index is 1.32. The van der Waals surface area contributed by atoms with E-state index in [1.165, 1.54) is 42.8 Å². The fourth-order valence-corrected chi connectivity index (χ4v) is 8.99. The van der Waals surface area contributed by atoms with E-state index in [0.29, 0.717) is 13.0 Å². The van der Waals surface area contributed by atoms with Crippen molar-refractivity contribution in [2.75, 3.05) is 20.1 Å². The lowest BCUT2D eigenvalue weighted by Gasteiger charge is -2.57. The summed E-state index contributed by atoms with van der Waals surface area (Å²) in [5, 5.41) is 0. The van der Waals surface area contributed by atoms with Crippen LogP contribution in [-0.4, -0.2) is 49.7 Å². The average Bonchev–Trinajstić information content (AvgIpc) is 3.17. The second kappa shape index (κ2) is 7.09. The quantitative estimate of drug-likeness (QED) is 0.738. The van der Waals surface area contributed by atoms with Crippen LogP contribution in [0.2, 0.25) is 0 Å². The van der Waals surface area contributed by atoms with Gasteiger partial charge in [-0.2, -0.15) is 4.31 Å². The molecule has 0 spiro atoms. The fraction of sp³-hybridized carbons (Fsp3) is 0.696. The predicted octanol–water partition coefficient (Wildman–Crippen LogP) is 3.51. The first-order valence-electron chi connectivity index (χ1n) is 11.2. The van der Waals surface area contributed by atoms with Crippen molar-refractivity contribution in [3.05, 3.63) is 30.3 Å². The number of hydrogen-bond acceptors (Lipinski definition) is 3. The van der Waals surface area contributed by atoms with Crippen molar-refractivity contribution in [3.8, 4) is 0 Å². The highest BCUT2D eigenvalue weighted by atomic mass is 32.2. The molecule has 4 bridgehead atoms. The molecule has 1 atom stereocenters. The van der Waals surface area contributed by atoms with Gasteiger partial charge in [0.2, 0.25) is 15.9 Å². The highest BCUT2D eigenvalue weighted by molar-refractivity contribution is 7.89. The molecule has 1 unspecified atom stereocenters. The Hall–Kier alpha value is -1.40. The van der Waals surface area contributed by atoms with Crippen molar-refractivity contribution in [1.82, 2.24) is 9.21 Å². The minimum absolute atomic E-state index is 0.0160. The van der Waals surface area contributed by atoms with Gasteiger partial charge in [0.1, 0.15) is 6.04 Å². The maximum absolute atomic E-state index is 13.4. The molecule has 6 rings (SSSR count). The Bertz CT molecular complexity index is 847. The van der Waals surface area contributed by atoms with Crippen LogP contribution in [0.3, 0.4) is 0 Å². The van der Waals surface area contributed by atoms with Crippen LogP contribution in [0.1, 0.15) is 51.4 Å². The monoisotopic (exact) mass is 416 g/mol. The van der Waals surface area contributed by atoms with Gasteiger partial charge in [-0.3, -0.25) is 4.79 Å². The third-order valence-corrected chi connectivity index (χ3v) is 9.87. The third kappa shape index (κ3) is 3.42. The molecular weight excluding hydrogens is 384 g/mol. The van der Waals surface area contributed by atoms with E-state index in [4.69, 9.17) is 0 Å². The van der Waals surface area contributed by atoms with E-state index in [0.717, 1.165) is 30.7 Å². The summed E-state index contributed by atoms with van der Waals surface area (Å²) in [6, 6.07) is 7.96. The molecule has 1 aromatic rings. The molecule has 0 N–H and O–H groups in total. The lowest BCUT2D eigenvalue weighted by molar-refractivity contribution is -0.138. The first-order chi connectivity index (χ1) is 13.9.